The lowest BCUT2D eigenvalue weighted by Gasteiger charge is -2.17. The Bertz CT molecular complexity index is 881. The van der Waals surface area contributed by atoms with Gasteiger partial charge in [0.05, 0.1) is 6.54 Å². The van der Waals surface area contributed by atoms with Crippen LogP contribution in [0.15, 0.2) is 47.1 Å². The Hall–Kier alpha value is -3.09. The molecule has 1 aromatic carbocycles. The van der Waals surface area contributed by atoms with Crippen molar-refractivity contribution in [3.05, 3.63) is 48.4 Å². The van der Waals surface area contributed by atoms with Gasteiger partial charge < -0.3 is 19.3 Å². The molecule has 3 rings (SSSR count). The van der Waals surface area contributed by atoms with Gasteiger partial charge >= 0.3 is 0 Å². The lowest BCUT2D eigenvalue weighted by atomic mass is 10.2. The van der Waals surface area contributed by atoms with Crippen LogP contribution in [0.4, 0.5) is 5.82 Å². The van der Waals surface area contributed by atoms with Crippen molar-refractivity contribution in [2.45, 2.75) is 13.5 Å². The van der Waals surface area contributed by atoms with Crippen LogP contribution in [0.25, 0.3) is 10.9 Å². The van der Waals surface area contributed by atoms with Crippen molar-refractivity contribution in [2.24, 2.45) is 0 Å². The van der Waals surface area contributed by atoms with Gasteiger partial charge in [0.1, 0.15) is 12.3 Å². The second kappa shape index (κ2) is 6.57. The zero-order valence-electron chi connectivity index (χ0n) is 13.5. The van der Waals surface area contributed by atoms with E-state index in [2.05, 4.69) is 10.5 Å². The minimum Gasteiger partial charge on any atom is -0.360 e. The number of nitrogens with one attached hydrogen (secondary N) is 1. The molecule has 0 aliphatic heterocycles. The number of para-hydroxylation sites is 1. The van der Waals surface area contributed by atoms with Crippen molar-refractivity contribution in [2.75, 3.05) is 18.9 Å². The Morgan fingerprint density at radius 2 is 2.08 bits per heavy atom. The first-order chi connectivity index (χ1) is 11.5. The van der Waals surface area contributed by atoms with Gasteiger partial charge in [-0.3, -0.25) is 9.59 Å². The van der Waals surface area contributed by atoms with E-state index in [9.17, 15) is 9.59 Å². The number of hydrogen-bond acceptors (Lipinski definition) is 4. The number of rotatable bonds is 5. The number of benzene rings is 1. The molecule has 7 nitrogen and oxygen atoms in total. The number of anilines is 1. The number of likely N-dealkylation sites (N-methyl/N-ethyl adjacent to an activating group) is 1. The molecular weight excluding hydrogens is 308 g/mol. The maximum absolute atomic E-state index is 12.3. The Kier molecular flexibility index (Phi) is 4.33. The van der Waals surface area contributed by atoms with E-state index >= 15 is 0 Å². The van der Waals surface area contributed by atoms with Gasteiger partial charge in [-0.1, -0.05) is 23.4 Å². The number of aromatic nitrogens is 2. The van der Waals surface area contributed by atoms with Crippen LogP contribution in [0, 0.1) is 6.92 Å². The van der Waals surface area contributed by atoms with E-state index in [0.29, 0.717) is 11.6 Å². The van der Waals surface area contributed by atoms with Crippen molar-refractivity contribution in [1.82, 2.24) is 14.6 Å². The highest BCUT2D eigenvalue weighted by Crippen LogP contribution is 2.15. The molecule has 0 unspecified atom stereocenters. The summed E-state index contributed by atoms with van der Waals surface area (Å²) in [7, 11) is 1.60. The van der Waals surface area contributed by atoms with Crippen LogP contribution >= 0.6 is 0 Å². The van der Waals surface area contributed by atoms with Crippen LogP contribution in [-0.2, 0) is 16.1 Å². The van der Waals surface area contributed by atoms with Gasteiger partial charge in [-0.05, 0) is 24.4 Å². The fraction of sp³-hybridized carbons (Fsp3) is 0.235. The third-order valence-corrected chi connectivity index (χ3v) is 3.69. The van der Waals surface area contributed by atoms with Gasteiger partial charge in [-0.15, -0.1) is 0 Å². The predicted octanol–water partition coefficient (Wildman–Crippen LogP) is 2.03. The van der Waals surface area contributed by atoms with E-state index in [1.165, 1.54) is 4.90 Å². The van der Waals surface area contributed by atoms with Gasteiger partial charge in [0.2, 0.25) is 11.8 Å². The van der Waals surface area contributed by atoms with Gasteiger partial charge in [-0.2, -0.15) is 0 Å². The molecule has 0 spiro atoms. The number of carbonyl (C=O) groups is 2. The van der Waals surface area contributed by atoms with Crippen LogP contribution < -0.4 is 5.32 Å². The van der Waals surface area contributed by atoms with Crippen molar-refractivity contribution in [3.8, 4) is 0 Å². The van der Waals surface area contributed by atoms with Crippen LogP contribution in [0.5, 0.6) is 0 Å². The fourth-order valence-corrected chi connectivity index (χ4v) is 2.46. The summed E-state index contributed by atoms with van der Waals surface area (Å²) >= 11 is 0. The summed E-state index contributed by atoms with van der Waals surface area (Å²) in [5.41, 5.74) is 0.988. The molecule has 0 saturated heterocycles. The summed E-state index contributed by atoms with van der Waals surface area (Å²) in [6.07, 6.45) is 1.87. The van der Waals surface area contributed by atoms with Crippen molar-refractivity contribution in [1.29, 1.82) is 0 Å². The summed E-state index contributed by atoms with van der Waals surface area (Å²) < 4.78 is 6.75. The average molecular weight is 326 g/mol. The standard InChI is InChI=1S/C17H18N4O3/c1-12-9-15(19-24-12)18-16(22)10-20(2)17(23)11-21-8-7-13-5-3-4-6-14(13)21/h3-9H,10-11H2,1-2H3,(H,18,19,22). The Labute approximate surface area is 138 Å². The van der Waals surface area contributed by atoms with Crippen LogP contribution in [0.1, 0.15) is 5.76 Å². The van der Waals surface area contributed by atoms with Crippen molar-refractivity contribution >= 4 is 28.5 Å². The molecule has 3 aromatic rings. The third kappa shape index (κ3) is 3.45. The van der Waals surface area contributed by atoms with Gasteiger partial charge in [0.25, 0.3) is 0 Å². The van der Waals surface area contributed by atoms with E-state index < -0.39 is 0 Å². The molecular formula is C17H18N4O3. The van der Waals surface area contributed by atoms with E-state index in [-0.39, 0.29) is 24.9 Å². The molecule has 0 radical (unpaired) electrons. The molecule has 0 atom stereocenters. The molecule has 0 aliphatic rings. The highest BCUT2D eigenvalue weighted by atomic mass is 16.5. The first-order valence-corrected chi connectivity index (χ1v) is 7.54. The second-order valence-electron chi connectivity index (χ2n) is 5.62. The summed E-state index contributed by atoms with van der Waals surface area (Å²) in [5, 5.41) is 7.36. The lowest BCUT2D eigenvalue weighted by Crippen LogP contribution is -2.36. The molecule has 24 heavy (non-hydrogen) atoms. The Morgan fingerprint density at radius 1 is 1.29 bits per heavy atom. The maximum atomic E-state index is 12.3. The first-order valence-electron chi connectivity index (χ1n) is 7.54. The number of nitrogens with zero attached hydrogens (tertiary/aromatic N) is 3. The quantitative estimate of drug-likeness (QED) is 0.778. The molecule has 1 N–H and O–H groups in total. The average Bonchev–Trinajstić information content (AvgIpc) is 3.14. The molecule has 124 valence electrons. The largest absolute Gasteiger partial charge is 0.360 e. The number of amides is 2. The summed E-state index contributed by atoms with van der Waals surface area (Å²) in [4.78, 5) is 25.7. The van der Waals surface area contributed by atoms with Gasteiger partial charge in [0, 0.05) is 24.8 Å². The van der Waals surface area contributed by atoms with E-state index in [4.69, 9.17) is 4.52 Å². The van der Waals surface area contributed by atoms with E-state index in [1.54, 1.807) is 20.0 Å². The molecule has 0 aliphatic carbocycles. The Balaban J connectivity index is 1.59. The minimum absolute atomic E-state index is 0.0516. The number of hydrogen-bond donors (Lipinski definition) is 1. The number of aryl methyl sites for hydroxylation is 1. The molecule has 2 heterocycles. The lowest BCUT2D eigenvalue weighted by molar-refractivity contribution is -0.133. The van der Waals surface area contributed by atoms with Gasteiger partial charge in [-0.25, -0.2) is 0 Å². The van der Waals surface area contributed by atoms with E-state index in [1.807, 2.05) is 41.1 Å². The topological polar surface area (TPSA) is 80.4 Å². The van der Waals surface area contributed by atoms with E-state index in [0.717, 1.165) is 10.9 Å². The van der Waals surface area contributed by atoms with Gasteiger partial charge in [0.15, 0.2) is 5.82 Å². The van der Waals surface area contributed by atoms with Crippen LogP contribution in [0.2, 0.25) is 0 Å². The highest BCUT2D eigenvalue weighted by Gasteiger charge is 2.15. The molecule has 2 amide bonds. The van der Waals surface area contributed by atoms with Crippen LogP contribution in [-0.4, -0.2) is 40.0 Å². The minimum atomic E-state index is -0.323. The number of fused-ring (bicyclic) bond motifs is 1. The predicted molar refractivity (Wildman–Crippen MR) is 89.4 cm³/mol. The SMILES string of the molecule is Cc1cc(NC(=O)CN(C)C(=O)Cn2ccc3ccccc32)no1. The molecule has 0 fully saturated rings. The smallest absolute Gasteiger partial charge is 0.245 e. The van der Waals surface area contributed by atoms with Crippen LogP contribution in [0.3, 0.4) is 0 Å². The monoisotopic (exact) mass is 326 g/mol. The first kappa shape index (κ1) is 15.8. The molecule has 7 heteroatoms. The Morgan fingerprint density at radius 3 is 2.83 bits per heavy atom. The molecule has 0 saturated carbocycles. The zero-order valence-corrected chi connectivity index (χ0v) is 13.5. The fourth-order valence-electron chi connectivity index (χ4n) is 2.46. The summed E-state index contributed by atoms with van der Waals surface area (Å²) in [6.45, 7) is 1.87. The van der Waals surface area contributed by atoms with Crippen molar-refractivity contribution in [3.63, 3.8) is 0 Å². The highest BCUT2D eigenvalue weighted by molar-refractivity contribution is 5.94. The summed E-state index contributed by atoms with van der Waals surface area (Å²) in [5.74, 6) is 0.475. The third-order valence-electron chi connectivity index (χ3n) is 3.69. The van der Waals surface area contributed by atoms with Crippen molar-refractivity contribution < 1.29 is 14.1 Å². The zero-order chi connectivity index (χ0) is 17.1. The number of carbonyl (C=O) groups excluding carboxylic acids is 2. The second-order valence-corrected chi connectivity index (χ2v) is 5.62. The molecule has 0 bridgehead atoms. The summed E-state index contributed by atoms with van der Waals surface area (Å²) in [6, 6.07) is 11.4. The molecule has 2 aromatic heterocycles. The normalized spacial score (nSPS) is 10.8. The maximum Gasteiger partial charge on any atom is 0.245 e.